The molecule has 0 bridgehead atoms. The lowest BCUT2D eigenvalue weighted by atomic mass is 9.99. The topological polar surface area (TPSA) is 18.5 Å². The molecule has 0 aromatic rings. The first-order valence-electron chi connectivity index (χ1n) is 5.97. The molecule has 0 amide bonds. The first kappa shape index (κ1) is 12.7. The van der Waals surface area contributed by atoms with Crippen LogP contribution in [0, 0.1) is 17.8 Å². The van der Waals surface area contributed by atoms with Gasteiger partial charge in [-0.1, -0.05) is 19.1 Å². The minimum absolute atomic E-state index is 0.708. The molecule has 1 aliphatic carbocycles. The van der Waals surface area contributed by atoms with Gasteiger partial charge in [0.05, 0.1) is 13.2 Å². The second kappa shape index (κ2) is 7.02. The molecule has 0 radical (unpaired) electrons. The van der Waals surface area contributed by atoms with Crippen LogP contribution in [-0.2, 0) is 9.47 Å². The van der Waals surface area contributed by atoms with Crippen LogP contribution in [0.2, 0.25) is 0 Å². The van der Waals surface area contributed by atoms with Gasteiger partial charge in [-0.05, 0) is 37.5 Å². The normalized spacial score (nSPS) is 31.5. The molecule has 15 heavy (non-hydrogen) atoms. The second-order valence-electron chi connectivity index (χ2n) is 4.56. The highest BCUT2D eigenvalue weighted by Gasteiger charge is 2.29. The Kier molecular flexibility index (Phi) is 5.96. The highest BCUT2D eigenvalue weighted by atomic mass is 16.5. The van der Waals surface area contributed by atoms with Crippen LogP contribution in [0.4, 0.5) is 0 Å². The van der Waals surface area contributed by atoms with Gasteiger partial charge < -0.3 is 9.47 Å². The van der Waals surface area contributed by atoms with Crippen molar-refractivity contribution in [3.8, 4) is 0 Å². The molecule has 0 aromatic heterocycles. The number of hydrogen-bond donors (Lipinski definition) is 0. The predicted octanol–water partition coefficient (Wildman–Crippen LogP) is 2.89. The van der Waals surface area contributed by atoms with E-state index >= 15 is 0 Å². The van der Waals surface area contributed by atoms with E-state index in [0.29, 0.717) is 6.61 Å². The summed E-state index contributed by atoms with van der Waals surface area (Å²) in [6, 6.07) is 0. The lowest BCUT2D eigenvalue weighted by Gasteiger charge is -2.14. The van der Waals surface area contributed by atoms with Gasteiger partial charge in [-0.2, -0.15) is 0 Å². The van der Waals surface area contributed by atoms with Crippen molar-refractivity contribution in [2.75, 3.05) is 26.9 Å². The summed E-state index contributed by atoms with van der Waals surface area (Å²) >= 11 is 0. The fraction of sp³-hybridized carbons (Fsp3) is 0.846. The Balaban J connectivity index is 2.19. The minimum atomic E-state index is 0.708. The molecule has 0 spiro atoms. The van der Waals surface area contributed by atoms with Crippen molar-refractivity contribution in [1.82, 2.24) is 0 Å². The Hall–Kier alpha value is -0.340. The number of ether oxygens (including phenoxy) is 2. The predicted molar refractivity (Wildman–Crippen MR) is 62.9 cm³/mol. The van der Waals surface area contributed by atoms with Crippen molar-refractivity contribution in [2.24, 2.45) is 17.8 Å². The van der Waals surface area contributed by atoms with Gasteiger partial charge >= 0.3 is 0 Å². The highest BCUT2D eigenvalue weighted by Crippen LogP contribution is 2.36. The summed E-state index contributed by atoms with van der Waals surface area (Å²) in [6.07, 6.45) is 7.12. The molecule has 0 N–H and O–H groups in total. The van der Waals surface area contributed by atoms with Crippen molar-refractivity contribution >= 4 is 0 Å². The van der Waals surface area contributed by atoms with E-state index in [4.69, 9.17) is 9.47 Å². The molecule has 0 aromatic carbocycles. The van der Waals surface area contributed by atoms with Gasteiger partial charge in [0.1, 0.15) is 0 Å². The smallest absolute Gasteiger partial charge is 0.0700 e. The average Bonchev–Trinajstić information content (AvgIpc) is 2.55. The highest BCUT2D eigenvalue weighted by molar-refractivity contribution is 4.93. The molecule has 2 heteroatoms. The number of rotatable bonds is 6. The Bertz CT molecular complexity index is 189. The molecular formula is C13H24O2. The lowest BCUT2D eigenvalue weighted by molar-refractivity contribution is 0.0450. The third-order valence-corrected chi connectivity index (χ3v) is 3.31. The monoisotopic (exact) mass is 212 g/mol. The van der Waals surface area contributed by atoms with Gasteiger partial charge in [0.15, 0.2) is 0 Å². The zero-order chi connectivity index (χ0) is 11.1. The van der Waals surface area contributed by atoms with Gasteiger partial charge in [-0.3, -0.25) is 0 Å². The number of hydrogen-bond acceptors (Lipinski definition) is 2. The third kappa shape index (κ3) is 4.35. The van der Waals surface area contributed by atoms with E-state index in [1.54, 1.807) is 7.11 Å². The van der Waals surface area contributed by atoms with Crippen LogP contribution in [0.3, 0.4) is 0 Å². The van der Waals surface area contributed by atoms with Gasteiger partial charge in [0.25, 0.3) is 0 Å². The molecule has 3 atom stereocenters. The van der Waals surface area contributed by atoms with E-state index in [-0.39, 0.29) is 0 Å². The van der Waals surface area contributed by atoms with Crippen LogP contribution < -0.4 is 0 Å². The van der Waals surface area contributed by atoms with E-state index < -0.39 is 0 Å². The van der Waals surface area contributed by atoms with Gasteiger partial charge in [-0.15, -0.1) is 0 Å². The minimum Gasteiger partial charge on any atom is -0.382 e. The molecule has 1 aliphatic rings. The summed E-state index contributed by atoms with van der Waals surface area (Å²) < 4.78 is 10.6. The quantitative estimate of drug-likeness (QED) is 0.498. The van der Waals surface area contributed by atoms with Crippen LogP contribution in [-0.4, -0.2) is 26.9 Å². The molecule has 2 unspecified atom stereocenters. The molecule has 1 saturated carbocycles. The summed E-state index contributed by atoms with van der Waals surface area (Å²) in [5, 5.41) is 0. The molecule has 88 valence electrons. The van der Waals surface area contributed by atoms with Crippen LogP contribution in [0.25, 0.3) is 0 Å². The molecule has 0 saturated heterocycles. The van der Waals surface area contributed by atoms with Crippen molar-refractivity contribution in [2.45, 2.75) is 26.7 Å². The van der Waals surface area contributed by atoms with Crippen molar-refractivity contribution in [3.63, 3.8) is 0 Å². The largest absolute Gasteiger partial charge is 0.382 e. The van der Waals surface area contributed by atoms with Crippen molar-refractivity contribution in [1.29, 1.82) is 0 Å². The lowest BCUT2D eigenvalue weighted by Crippen LogP contribution is -2.14. The Morgan fingerprint density at radius 1 is 1.27 bits per heavy atom. The fourth-order valence-electron chi connectivity index (χ4n) is 2.43. The van der Waals surface area contributed by atoms with Gasteiger partial charge in [0, 0.05) is 13.7 Å². The fourth-order valence-corrected chi connectivity index (χ4v) is 2.43. The SMILES string of the molecule is C/C=C/C1CC(COCCOC)[C@@H](C)C1. The van der Waals surface area contributed by atoms with E-state index in [1.807, 2.05) is 0 Å². The second-order valence-corrected chi connectivity index (χ2v) is 4.56. The molecule has 1 fully saturated rings. The third-order valence-electron chi connectivity index (χ3n) is 3.31. The maximum atomic E-state index is 5.61. The standard InChI is InChI=1S/C13H24O2/c1-4-5-12-8-11(2)13(9-12)10-15-7-6-14-3/h4-5,11-13H,6-10H2,1-3H3/b5-4+/t11-,12?,13?/m0/s1. The van der Waals surface area contributed by atoms with E-state index in [2.05, 4.69) is 26.0 Å². The average molecular weight is 212 g/mol. The molecule has 1 rings (SSSR count). The summed E-state index contributed by atoms with van der Waals surface area (Å²) in [5.41, 5.74) is 0. The number of methoxy groups -OCH3 is 1. The zero-order valence-electron chi connectivity index (χ0n) is 10.2. The van der Waals surface area contributed by atoms with Crippen LogP contribution in [0.15, 0.2) is 12.2 Å². The first-order chi connectivity index (χ1) is 7.27. The summed E-state index contributed by atoms with van der Waals surface area (Å²) in [7, 11) is 1.71. The Morgan fingerprint density at radius 2 is 2.07 bits per heavy atom. The van der Waals surface area contributed by atoms with E-state index in [1.165, 1.54) is 12.8 Å². The summed E-state index contributed by atoms with van der Waals surface area (Å²) in [4.78, 5) is 0. The molecule has 0 aliphatic heterocycles. The molecule has 0 heterocycles. The number of allylic oxidation sites excluding steroid dienone is 2. The van der Waals surface area contributed by atoms with Crippen molar-refractivity contribution in [3.05, 3.63) is 12.2 Å². The Morgan fingerprint density at radius 3 is 2.73 bits per heavy atom. The van der Waals surface area contributed by atoms with E-state index in [9.17, 15) is 0 Å². The summed E-state index contributed by atoms with van der Waals surface area (Å²) in [6.45, 7) is 6.78. The molecular weight excluding hydrogens is 188 g/mol. The van der Waals surface area contributed by atoms with Gasteiger partial charge in [-0.25, -0.2) is 0 Å². The first-order valence-corrected chi connectivity index (χ1v) is 5.97. The van der Waals surface area contributed by atoms with Crippen LogP contribution in [0.1, 0.15) is 26.7 Å². The zero-order valence-corrected chi connectivity index (χ0v) is 10.2. The van der Waals surface area contributed by atoms with E-state index in [0.717, 1.165) is 31.0 Å². The maximum Gasteiger partial charge on any atom is 0.0700 e. The van der Waals surface area contributed by atoms with Crippen LogP contribution >= 0.6 is 0 Å². The molecule has 2 nitrogen and oxygen atoms in total. The van der Waals surface area contributed by atoms with Crippen molar-refractivity contribution < 1.29 is 9.47 Å². The maximum absolute atomic E-state index is 5.61. The Labute approximate surface area is 93.7 Å². The van der Waals surface area contributed by atoms with Gasteiger partial charge in [0.2, 0.25) is 0 Å². The van der Waals surface area contributed by atoms with Crippen LogP contribution in [0.5, 0.6) is 0 Å². The summed E-state index contributed by atoms with van der Waals surface area (Å²) in [5.74, 6) is 2.32.